The summed E-state index contributed by atoms with van der Waals surface area (Å²) < 4.78 is 0. The number of hydrogen-bond acceptors (Lipinski definition) is 3. The predicted molar refractivity (Wildman–Crippen MR) is 78.9 cm³/mol. The van der Waals surface area contributed by atoms with Gasteiger partial charge in [0.1, 0.15) is 5.82 Å². The van der Waals surface area contributed by atoms with Gasteiger partial charge in [0.15, 0.2) is 0 Å². The van der Waals surface area contributed by atoms with Crippen LogP contribution in [0.3, 0.4) is 0 Å². The summed E-state index contributed by atoms with van der Waals surface area (Å²) in [6, 6.07) is 4.46. The van der Waals surface area contributed by atoms with Gasteiger partial charge in [0.25, 0.3) is 0 Å². The minimum atomic E-state index is 0.241. The number of aromatic nitrogens is 1. The molecule has 18 heavy (non-hydrogen) atoms. The monoisotopic (exact) mass is 249 g/mol. The van der Waals surface area contributed by atoms with Gasteiger partial charge in [-0.2, -0.15) is 0 Å². The van der Waals surface area contributed by atoms with Crippen LogP contribution in [0.25, 0.3) is 0 Å². The van der Waals surface area contributed by atoms with Gasteiger partial charge in [-0.1, -0.05) is 33.8 Å². The van der Waals surface area contributed by atoms with E-state index in [0.29, 0.717) is 0 Å². The van der Waals surface area contributed by atoms with E-state index in [1.165, 1.54) is 5.56 Å². The van der Waals surface area contributed by atoms with Crippen LogP contribution in [0.15, 0.2) is 18.3 Å². The van der Waals surface area contributed by atoms with Crippen molar-refractivity contribution in [3.8, 4) is 0 Å². The molecule has 102 valence electrons. The zero-order valence-electron chi connectivity index (χ0n) is 12.4. The topological polar surface area (TPSA) is 42.1 Å². The molecule has 2 N–H and O–H groups in total. The predicted octanol–water partition coefficient (Wildman–Crippen LogP) is 2.84. The molecular formula is C15H27N3. The van der Waals surface area contributed by atoms with E-state index in [4.69, 9.17) is 5.73 Å². The molecule has 0 saturated heterocycles. The summed E-state index contributed by atoms with van der Waals surface area (Å²) in [6.45, 7) is 9.81. The number of anilines is 1. The Morgan fingerprint density at radius 2 is 2.00 bits per heavy atom. The second-order valence-corrected chi connectivity index (χ2v) is 6.31. The van der Waals surface area contributed by atoms with Gasteiger partial charge in [-0.05, 0) is 29.9 Å². The Balaban J connectivity index is 2.65. The van der Waals surface area contributed by atoms with Gasteiger partial charge in [-0.15, -0.1) is 0 Å². The van der Waals surface area contributed by atoms with Crippen LogP contribution < -0.4 is 10.6 Å². The molecule has 1 atom stereocenters. The van der Waals surface area contributed by atoms with Crippen LogP contribution in [-0.4, -0.2) is 24.6 Å². The molecule has 3 nitrogen and oxygen atoms in total. The van der Waals surface area contributed by atoms with Crippen LogP contribution in [0.5, 0.6) is 0 Å². The molecule has 3 heteroatoms. The van der Waals surface area contributed by atoms with Crippen LogP contribution in [0.1, 0.15) is 39.7 Å². The Morgan fingerprint density at radius 1 is 1.33 bits per heavy atom. The fraction of sp³-hybridized carbons (Fsp3) is 0.667. The molecule has 1 unspecified atom stereocenters. The second-order valence-electron chi connectivity index (χ2n) is 6.31. The average Bonchev–Trinajstić information content (AvgIpc) is 2.27. The van der Waals surface area contributed by atoms with Gasteiger partial charge in [0.05, 0.1) is 0 Å². The highest BCUT2D eigenvalue weighted by Gasteiger charge is 2.14. The highest BCUT2D eigenvalue weighted by atomic mass is 15.2. The van der Waals surface area contributed by atoms with Gasteiger partial charge in [-0.25, -0.2) is 4.98 Å². The maximum absolute atomic E-state index is 5.95. The van der Waals surface area contributed by atoms with Gasteiger partial charge in [-0.3, -0.25) is 0 Å². The summed E-state index contributed by atoms with van der Waals surface area (Å²) in [4.78, 5) is 6.72. The van der Waals surface area contributed by atoms with E-state index >= 15 is 0 Å². The first-order valence-corrected chi connectivity index (χ1v) is 6.73. The Hall–Kier alpha value is -1.09. The van der Waals surface area contributed by atoms with Gasteiger partial charge < -0.3 is 10.6 Å². The Labute approximate surface area is 111 Å². The van der Waals surface area contributed by atoms with E-state index in [1.54, 1.807) is 0 Å². The molecule has 0 aliphatic carbocycles. The lowest BCUT2D eigenvalue weighted by Gasteiger charge is -2.27. The molecule has 0 aromatic carbocycles. The van der Waals surface area contributed by atoms with E-state index in [9.17, 15) is 0 Å². The fourth-order valence-corrected chi connectivity index (χ4v) is 2.00. The summed E-state index contributed by atoms with van der Waals surface area (Å²) >= 11 is 0. The van der Waals surface area contributed by atoms with Crippen molar-refractivity contribution in [2.45, 2.75) is 46.6 Å². The lowest BCUT2D eigenvalue weighted by Crippen LogP contribution is -2.29. The Bertz CT molecular complexity index is 351. The largest absolute Gasteiger partial charge is 0.359 e. The summed E-state index contributed by atoms with van der Waals surface area (Å²) in [5, 5.41) is 0. The standard InChI is InChI=1S/C15H27N3/c1-6-13(16)9-12-7-8-14(17-10-12)18(5)11-15(2,3)4/h7-8,10,13H,6,9,11,16H2,1-5H3. The summed E-state index contributed by atoms with van der Waals surface area (Å²) in [5.41, 5.74) is 7.45. The van der Waals surface area contributed by atoms with Crippen molar-refractivity contribution >= 4 is 5.82 Å². The highest BCUT2D eigenvalue weighted by Crippen LogP contribution is 2.18. The SMILES string of the molecule is CCC(N)Cc1ccc(N(C)CC(C)(C)C)nc1. The molecule has 0 radical (unpaired) electrons. The van der Waals surface area contributed by atoms with Crippen LogP contribution in [0.2, 0.25) is 0 Å². The Kier molecular flexibility index (Phi) is 5.15. The first-order chi connectivity index (χ1) is 8.31. The minimum Gasteiger partial charge on any atom is -0.359 e. The molecule has 1 aromatic rings. The van der Waals surface area contributed by atoms with Crippen molar-refractivity contribution in [3.63, 3.8) is 0 Å². The van der Waals surface area contributed by atoms with Crippen molar-refractivity contribution in [2.24, 2.45) is 11.1 Å². The molecule has 0 aliphatic heterocycles. The lowest BCUT2D eigenvalue weighted by molar-refractivity contribution is 0.418. The molecule has 0 aliphatic rings. The zero-order chi connectivity index (χ0) is 13.8. The van der Waals surface area contributed by atoms with Gasteiger partial charge in [0, 0.05) is 25.8 Å². The molecule has 0 bridgehead atoms. The minimum absolute atomic E-state index is 0.241. The van der Waals surface area contributed by atoms with Crippen LogP contribution in [-0.2, 0) is 6.42 Å². The van der Waals surface area contributed by atoms with Crippen molar-refractivity contribution in [1.29, 1.82) is 0 Å². The first kappa shape index (κ1) is 15.0. The fourth-order valence-electron chi connectivity index (χ4n) is 2.00. The third-order valence-electron chi connectivity index (χ3n) is 2.93. The van der Waals surface area contributed by atoms with E-state index in [0.717, 1.165) is 25.2 Å². The summed E-state index contributed by atoms with van der Waals surface area (Å²) in [5.74, 6) is 1.03. The van der Waals surface area contributed by atoms with Crippen molar-refractivity contribution < 1.29 is 0 Å². The quantitative estimate of drug-likeness (QED) is 0.872. The van der Waals surface area contributed by atoms with Crippen molar-refractivity contribution in [3.05, 3.63) is 23.9 Å². The average molecular weight is 249 g/mol. The maximum Gasteiger partial charge on any atom is 0.128 e. The Morgan fingerprint density at radius 3 is 2.44 bits per heavy atom. The van der Waals surface area contributed by atoms with Crippen LogP contribution >= 0.6 is 0 Å². The molecule has 0 saturated carbocycles. The molecule has 0 spiro atoms. The maximum atomic E-state index is 5.95. The molecular weight excluding hydrogens is 222 g/mol. The molecule has 1 aromatic heterocycles. The number of hydrogen-bond donors (Lipinski definition) is 1. The normalized spacial score (nSPS) is 13.4. The van der Waals surface area contributed by atoms with Gasteiger partial charge >= 0.3 is 0 Å². The molecule has 0 amide bonds. The van der Waals surface area contributed by atoms with Crippen LogP contribution in [0.4, 0.5) is 5.82 Å². The van der Waals surface area contributed by atoms with E-state index < -0.39 is 0 Å². The lowest BCUT2D eigenvalue weighted by atomic mass is 9.96. The zero-order valence-corrected chi connectivity index (χ0v) is 12.4. The molecule has 0 fully saturated rings. The van der Waals surface area contributed by atoms with Gasteiger partial charge in [0.2, 0.25) is 0 Å². The highest BCUT2D eigenvalue weighted by molar-refractivity contribution is 5.38. The van der Waals surface area contributed by atoms with E-state index in [-0.39, 0.29) is 11.5 Å². The number of pyridine rings is 1. The van der Waals surface area contributed by atoms with E-state index in [1.807, 2.05) is 6.20 Å². The number of nitrogens with two attached hydrogens (primary N) is 1. The summed E-state index contributed by atoms with van der Waals surface area (Å²) in [6.07, 6.45) is 3.86. The van der Waals surface area contributed by atoms with Crippen molar-refractivity contribution in [1.82, 2.24) is 4.98 Å². The third kappa shape index (κ3) is 5.05. The number of nitrogens with zero attached hydrogens (tertiary/aromatic N) is 2. The van der Waals surface area contributed by atoms with Crippen molar-refractivity contribution in [2.75, 3.05) is 18.5 Å². The smallest absolute Gasteiger partial charge is 0.128 e. The molecule has 1 rings (SSSR count). The van der Waals surface area contributed by atoms with E-state index in [2.05, 4.69) is 56.8 Å². The van der Waals surface area contributed by atoms with Crippen LogP contribution in [0, 0.1) is 5.41 Å². The number of rotatable bonds is 5. The third-order valence-corrected chi connectivity index (χ3v) is 2.93. The second kappa shape index (κ2) is 6.19. The first-order valence-electron chi connectivity index (χ1n) is 6.73. The molecule has 1 heterocycles. The summed E-state index contributed by atoms with van der Waals surface area (Å²) in [7, 11) is 2.09.